The van der Waals surface area contributed by atoms with Crippen molar-refractivity contribution in [2.75, 3.05) is 19.8 Å². The molecule has 0 saturated carbocycles. The number of hydrogen-bond acceptors (Lipinski definition) is 6. The Labute approximate surface area is 122 Å². The fourth-order valence-electron chi connectivity index (χ4n) is 1.41. The topological polar surface area (TPSA) is 89.2 Å². The molecule has 0 aliphatic heterocycles. The second-order valence-electron chi connectivity index (χ2n) is 4.12. The smallest absolute Gasteiger partial charge is 0.242 e. The van der Waals surface area contributed by atoms with E-state index in [0.29, 0.717) is 15.7 Å². The highest BCUT2D eigenvalue weighted by atomic mass is 32.2. The Morgan fingerprint density at radius 2 is 1.85 bits per heavy atom. The minimum Gasteiger partial charge on any atom is -0.398 e. The molecule has 2 N–H and O–H groups in total. The lowest BCUT2D eigenvalue weighted by molar-refractivity contribution is 0.520. The summed E-state index contributed by atoms with van der Waals surface area (Å²) >= 11 is 1.23. The van der Waals surface area contributed by atoms with Crippen molar-refractivity contribution in [1.82, 2.24) is 14.3 Å². The monoisotopic (exact) mass is 310 g/mol. The largest absolute Gasteiger partial charge is 0.398 e. The van der Waals surface area contributed by atoms with E-state index in [9.17, 15) is 8.42 Å². The molecule has 0 fully saturated rings. The first-order valence-corrected chi connectivity index (χ1v) is 7.94. The lowest BCUT2D eigenvalue weighted by Gasteiger charge is -2.13. The number of nitrogens with two attached hydrogens (primary N) is 1. The maximum Gasteiger partial charge on any atom is 0.242 e. The molecule has 1 aromatic heterocycles. The number of rotatable bonds is 4. The first-order valence-electron chi connectivity index (χ1n) is 5.68. The number of nitrogen functional groups attached to an aromatic ring is 1. The number of hydrogen-bond donors (Lipinski definition) is 1. The highest BCUT2D eigenvalue weighted by molar-refractivity contribution is 7.99. The van der Waals surface area contributed by atoms with Crippen LogP contribution in [0.2, 0.25) is 0 Å². The molecule has 6 nitrogen and oxygen atoms in total. The molecule has 0 aliphatic carbocycles. The lowest BCUT2D eigenvalue weighted by Crippen LogP contribution is -2.22. The van der Waals surface area contributed by atoms with Crippen LogP contribution in [-0.2, 0) is 10.0 Å². The molecular formula is C12H14N4O2S2. The summed E-state index contributed by atoms with van der Waals surface area (Å²) in [7, 11) is -0.515. The summed E-state index contributed by atoms with van der Waals surface area (Å²) < 4.78 is 25.3. The van der Waals surface area contributed by atoms with Crippen LogP contribution >= 0.6 is 11.8 Å². The van der Waals surface area contributed by atoms with Gasteiger partial charge in [-0.1, -0.05) is 0 Å². The predicted molar refractivity (Wildman–Crippen MR) is 77.9 cm³/mol. The Balaban J connectivity index is 2.40. The number of nitrogens with zero attached hydrogens (tertiary/aromatic N) is 3. The van der Waals surface area contributed by atoms with Crippen molar-refractivity contribution < 1.29 is 8.42 Å². The van der Waals surface area contributed by atoms with E-state index in [-0.39, 0.29) is 4.90 Å². The summed E-state index contributed by atoms with van der Waals surface area (Å²) in [6.45, 7) is 0. The predicted octanol–water partition coefficient (Wildman–Crippen LogP) is 1.46. The zero-order valence-corrected chi connectivity index (χ0v) is 12.6. The molecular weight excluding hydrogens is 296 g/mol. The van der Waals surface area contributed by atoms with Crippen LogP contribution in [0.25, 0.3) is 0 Å². The van der Waals surface area contributed by atoms with E-state index < -0.39 is 10.0 Å². The molecule has 2 rings (SSSR count). The van der Waals surface area contributed by atoms with Crippen LogP contribution in [0.4, 0.5) is 5.69 Å². The Hall–Kier alpha value is -1.64. The summed E-state index contributed by atoms with van der Waals surface area (Å²) in [6, 6.07) is 6.30. The normalized spacial score (nSPS) is 11.8. The Morgan fingerprint density at radius 1 is 1.20 bits per heavy atom. The fraction of sp³-hybridized carbons (Fsp3) is 0.167. The molecule has 0 bridgehead atoms. The average Bonchev–Trinajstić information content (AvgIpc) is 2.42. The van der Waals surface area contributed by atoms with Gasteiger partial charge in [-0.25, -0.2) is 22.7 Å². The van der Waals surface area contributed by atoms with E-state index in [4.69, 9.17) is 5.73 Å². The van der Waals surface area contributed by atoms with Gasteiger partial charge in [0.15, 0.2) is 5.16 Å². The first kappa shape index (κ1) is 14.8. The van der Waals surface area contributed by atoms with Crippen molar-refractivity contribution in [1.29, 1.82) is 0 Å². The van der Waals surface area contributed by atoms with Gasteiger partial charge in [0, 0.05) is 37.1 Å². The van der Waals surface area contributed by atoms with E-state index in [2.05, 4.69) is 9.97 Å². The summed E-state index contributed by atoms with van der Waals surface area (Å²) in [4.78, 5) is 8.96. The first-order chi connectivity index (χ1) is 9.41. The summed E-state index contributed by atoms with van der Waals surface area (Å²) in [5.41, 5.74) is 6.36. The van der Waals surface area contributed by atoms with E-state index in [1.807, 2.05) is 0 Å². The highest BCUT2D eigenvalue weighted by Crippen LogP contribution is 2.31. The SMILES string of the molecule is CN(C)S(=O)(=O)c1ccc(N)c(Sc2ncccn2)c1. The van der Waals surface area contributed by atoms with Gasteiger partial charge in [-0.15, -0.1) is 0 Å². The molecule has 0 atom stereocenters. The van der Waals surface area contributed by atoms with Gasteiger partial charge in [0.2, 0.25) is 10.0 Å². The van der Waals surface area contributed by atoms with Gasteiger partial charge in [-0.3, -0.25) is 0 Å². The molecule has 0 aliphatic rings. The van der Waals surface area contributed by atoms with Crippen LogP contribution < -0.4 is 5.73 Å². The number of sulfonamides is 1. The van der Waals surface area contributed by atoms with Gasteiger partial charge in [-0.05, 0) is 36.0 Å². The maximum absolute atomic E-state index is 12.1. The molecule has 20 heavy (non-hydrogen) atoms. The number of benzene rings is 1. The third kappa shape index (κ3) is 3.09. The van der Waals surface area contributed by atoms with Gasteiger partial charge in [0.1, 0.15) is 0 Å². The fourth-order valence-corrected chi connectivity index (χ4v) is 3.21. The molecule has 1 aromatic carbocycles. The quantitative estimate of drug-likeness (QED) is 0.679. The van der Waals surface area contributed by atoms with Crippen LogP contribution in [0.1, 0.15) is 0 Å². The van der Waals surface area contributed by atoms with Gasteiger partial charge in [0.05, 0.1) is 4.90 Å². The minimum absolute atomic E-state index is 0.190. The minimum atomic E-state index is -3.48. The van der Waals surface area contributed by atoms with Crippen molar-refractivity contribution >= 4 is 27.5 Å². The van der Waals surface area contributed by atoms with E-state index in [1.165, 1.54) is 38.0 Å². The second-order valence-corrected chi connectivity index (χ2v) is 7.28. The van der Waals surface area contributed by atoms with Crippen molar-refractivity contribution in [3.8, 4) is 0 Å². The van der Waals surface area contributed by atoms with Crippen LogP contribution in [0.15, 0.2) is 51.6 Å². The third-order valence-electron chi connectivity index (χ3n) is 2.51. The van der Waals surface area contributed by atoms with E-state index >= 15 is 0 Å². The zero-order valence-electron chi connectivity index (χ0n) is 11.0. The van der Waals surface area contributed by atoms with Gasteiger partial charge in [-0.2, -0.15) is 0 Å². The van der Waals surface area contributed by atoms with Crippen LogP contribution in [0.5, 0.6) is 0 Å². The summed E-state index contributed by atoms with van der Waals surface area (Å²) in [5, 5.41) is 0.513. The molecule has 8 heteroatoms. The van der Waals surface area contributed by atoms with Crippen LogP contribution in [0, 0.1) is 0 Å². The zero-order chi connectivity index (χ0) is 14.8. The van der Waals surface area contributed by atoms with Gasteiger partial charge in [0.25, 0.3) is 0 Å². The highest BCUT2D eigenvalue weighted by Gasteiger charge is 2.18. The van der Waals surface area contributed by atoms with Crippen molar-refractivity contribution in [2.24, 2.45) is 0 Å². The van der Waals surface area contributed by atoms with Crippen molar-refractivity contribution in [3.63, 3.8) is 0 Å². The molecule has 0 radical (unpaired) electrons. The standard InChI is InChI=1S/C12H14N4O2S2/c1-16(2)20(17,18)9-4-5-10(13)11(8-9)19-12-14-6-3-7-15-12/h3-8H,13H2,1-2H3. The summed E-state index contributed by atoms with van der Waals surface area (Å²) in [5.74, 6) is 0. The van der Waals surface area contributed by atoms with Crippen LogP contribution in [-0.4, -0.2) is 36.8 Å². The molecule has 2 aromatic rings. The number of anilines is 1. The van der Waals surface area contributed by atoms with Crippen molar-refractivity contribution in [3.05, 3.63) is 36.7 Å². The molecule has 0 saturated heterocycles. The van der Waals surface area contributed by atoms with Crippen molar-refractivity contribution in [2.45, 2.75) is 14.9 Å². The van der Waals surface area contributed by atoms with Gasteiger partial charge >= 0.3 is 0 Å². The molecule has 0 spiro atoms. The van der Waals surface area contributed by atoms with Gasteiger partial charge < -0.3 is 5.73 Å². The Kier molecular flexibility index (Phi) is 4.26. The molecule has 0 unspecified atom stereocenters. The molecule has 1 heterocycles. The molecule has 106 valence electrons. The Bertz CT molecular complexity index is 703. The average molecular weight is 310 g/mol. The molecule has 0 amide bonds. The third-order valence-corrected chi connectivity index (χ3v) is 5.28. The Morgan fingerprint density at radius 3 is 2.45 bits per heavy atom. The van der Waals surface area contributed by atoms with E-state index in [0.717, 1.165) is 4.31 Å². The maximum atomic E-state index is 12.1. The number of aromatic nitrogens is 2. The summed E-state index contributed by atoms with van der Waals surface area (Å²) in [6.07, 6.45) is 3.23. The second kappa shape index (κ2) is 5.78. The lowest BCUT2D eigenvalue weighted by atomic mass is 10.3. The van der Waals surface area contributed by atoms with Crippen LogP contribution in [0.3, 0.4) is 0 Å². The van der Waals surface area contributed by atoms with E-state index in [1.54, 1.807) is 24.5 Å².